The van der Waals surface area contributed by atoms with E-state index in [0.29, 0.717) is 6.04 Å². The molecule has 0 aromatic carbocycles. The highest BCUT2D eigenvalue weighted by Crippen LogP contribution is 2.32. The Morgan fingerprint density at radius 2 is 2.26 bits per heavy atom. The summed E-state index contributed by atoms with van der Waals surface area (Å²) in [5.74, 6) is 1.12. The van der Waals surface area contributed by atoms with Crippen LogP contribution in [-0.2, 0) is 11.3 Å². The van der Waals surface area contributed by atoms with Crippen molar-refractivity contribution < 1.29 is 4.74 Å². The summed E-state index contributed by atoms with van der Waals surface area (Å²) >= 11 is 0. The molecular formula is C15H25N3O. The Morgan fingerprint density at radius 3 is 2.84 bits per heavy atom. The quantitative estimate of drug-likeness (QED) is 0.779. The van der Waals surface area contributed by atoms with E-state index < -0.39 is 0 Å². The molecule has 0 aliphatic heterocycles. The van der Waals surface area contributed by atoms with Crippen LogP contribution in [0.3, 0.4) is 0 Å². The van der Waals surface area contributed by atoms with Crippen LogP contribution in [0.15, 0.2) is 12.3 Å². The Kier molecular flexibility index (Phi) is 5.16. The second-order valence-corrected chi connectivity index (χ2v) is 5.18. The molecule has 1 heterocycles. The number of ether oxygens (including phenoxy) is 1. The van der Waals surface area contributed by atoms with Crippen LogP contribution in [0.2, 0.25) is 0 Å². The summed E-state index contributed by atoms with van der Waals surface area (Å²) in [6.45, 7) is 7.85. The first-order valence-corrected chi connectivity index (χ1v) is 7.18. The van der Waals surface area contributed by atoms with Crippen molar-refractivity contribution in [2.24, 2.45) is 0 Å². The monoisotopic (exact) mass is 263 g/mol. The van der Waals surface area contributed by atoms with Gasteiger partial charge < -0.3 is 15.0 Å². The maximum Gasteiger partial charge on any atom is 0.131 e. The van der Waals surface area contributed by atoms with Gasteiger partial charge in [0.25, 0.3) is 0 Å². The molecule has 0 bridgehead atoms. The van der Waals surface area contributed by atoms with Crippen molar-refractivity contribution in [3.05, 3.63) is 23.4 Å². The third kappa shape index (κ3) is 3.91. The molecule has 0 radical (unpaired) electrons. The minimum atomic E-state index is 0.668. The van der Waals surface area contributed by atoms with Crippen LogP contribution in [0.4, 0.5) is 5.82 Å². The fourth-order valence-electron chi connectivity index (χ4n) is 2.33. The Hall–Kier alpha value is -1.13. The van der Waals surface area contributed by atoms with E-state index in [0.717, 1.165) is 32.1 Å². The van der Waals surface area contributed by atoms with Gasteiger partial charge in [-0.15, -0.1) is 0 Å². The Balaban J connectivity index is 2.08. The van der Waals surface area contributed by atoms with E-state index >= 15 is 0 Å². The predicted octanol–water partition coefficient (Wildman–Crippen LogP) is 2.11. The molecule has 0 saturated heterocycles. The summed E-state index contributed by atoms with van der Waals surface area (Å²) in [6.07, 6.45) is 4.56. The molecule has 1 aromatic heterocycles. The molecule has 2 rings (SSSR count). The van der Waals surface area contributed by atoms with Crippen LogP contribution in [0.5, 0.6) is 0 Å². The lowest BCUT2D eigenvalue weighted by atomic mass is 10.2. The molecule has 1 fully saturated rings. The van der Waals surface area contributed by atoms with Crippen LogP contribution in [0.25, 0.3) is 0 Å². The van der Waals surface area contributed by atoms with Gasteiger partial charge in [0.1, 0.15) is 5.82 Å². The minimum Gasteiger partial charge on any atom is -0.383 e. The predicted molar refractivity (Wildman–Crippen MR) is 78.6 cm³/mol. The highest BCUT2D eigenvalue weighted by Gasteiger charge is 2.30. The number of hydrogen-bond acceptors (Lipinski definition) is 4. The van der Waals surface area contributed by atoms with Crippen molar-refractivity contribution in [3.63, 3.8) is 0 Å². The maximum absolute atomic E-state index is 5.21. The van der Waals surface area contributed by atoms with Crippen LogP contribution in [0.1, 0.15) is 30.9 Å². The third-order valence-corrected chi connectivity index (χ3v) is 3.48. The van der Waals surface area contributed by atoms with Crippen molar-refractivity contribution in [2.75, 3.05) is 31.7 Å². The van der Waals surface area contributed by atoms with Gasteiger partial charge in [0, 0.05) is 32.4 Å². The zero-order valence-electron chi connectivity index (χ0n) is 12.3. The number of rotatable bonds is 8. The van der Waals surface area contributed by atoms with E-state index in [1.807, 2.05) is 6.20 Å². The summed E-state index contributed by atoms with van der Waals surface area (Å²) in [5, 5.41) is 3.34. The average molecular weight is 263 g/mol. The lowest BCUT2D eigenvalue weighted by molar-refractivity contribution is 0.204. The van der Waals surface area contributed by atoms with Gasteiger partial charge in [-0.3, -0.25) is 0 Å². The van der Waals surface area contributed by atoms with Crippen molar-refractivity contribution >= 4 is 5.82 Å². The summed E-state index contributed by atoms with van der Waals surface area (Å²) < 4.78 is 5.21. The van der Waals surface area contributed by atoms with E-state index in [9.17, 15) is 0 Å². The number of nitrogens with one attached hydrogen (secondary N) is 1. The van der Waals surface area contributed by atoms with Crippen molar-refractivity contribution in [1.82, 2.24) is 10.3 Å². The molecule has 0 unspecified atom stereocenters. The SMILES string of the molecule is CCNCc1cnc(N(CCOC)C2CC2)c(C)c1. The zero-order chi connectivity index (χ0) is 13.7. The van der Waals surface area contributed by atoms with Gasteiger partial charge in [-0.25, -0.2) is 4.98 Å². The van der Waals surface area contributed by atoms with Gasteiger partial charge in [0.05, 0.1) is 6.61 Å². The molecule has 1 saturated carbocycles. The van der Waals surface area contributed by atoms with Gasteiger partial charge in [0.2, 0.25) is 0 Å². The fourth-order valence-corrected chi connectivity index (χ4v) is 2.33. The molecule has 106 valence electrons. The van der Waals surface area contributed by atoms with Gasteiger partial charge >= 0.3 is 0 Å². The summed E-state index contributed by atoms with van der Waals surface area (Å²) in [7, 11) is 1.75. The van der Waals surface area contributed by atoms with E-state index in [2.05, 4.69) is 35.1 Å². The molecule has 4 heteroatoms. The first kappa shape index (κ1) is 14.3. The average Bonchev–Trinajstić information content (AvgIpc) is 3.23. The Labute approximate surface area is 116 Å². The Bertz CT molecular complexity index is 404. The Morgan fingerprint density at radius 1 is 1.47 bits per heavy atom. The summed E-state index contributed by atoms with van der Waals surface area (Å²) in [5.41, 5.74) is 2.52. The molecule has 0 atom stereocenters. The van der Waals surface area contributed by atoms with Gasteiger partial charge in [-0.1, -0.05) is 6.92 Å². The standard InChI is InChI=1S/C15H25N3O/c1-4-16-10-13-9-12(2)15(17-11-13)18(7-8-19-3)14-5-6-14/h9,11,14,16H,4-8,10H2,1-3H3. The number of methoxy groups -OCH3 is 1. The van der Waals surface area contributed by atoms with E-state index in [-0.39, 0.29) is 0 Å². The van der Waals surface area contributed by atoms with Gasteiger partial charge in [-0.05, 0) is 43.5 Å². The zero-order valence-corrected chi connectivity index (χ0v) is 12.3. The number of aromatic nitrogens is 1. The normalized spacial score (nSPS) is 14.7. The van der Waals surface area contributed by atoms with E-state index in [1.54, 1.807) is 7.11 Å². The maximum atomic E-state index is 5.21. The van der Waals surface area contributed by atoms with Crippen LogP contribution in [-0.4, -0.2) is 37.8 Å². The first-order valence-electron chi connectivity index (χ1n) is 7.18. The lowest BCUT2D eigenvalue weighted by Crippen LogP contribution is -2.31. The third-order valence-electron chi connectivity index (χ3n) is 3.48. The van der Waals surface area contributed by atoms with Gasteiger partial charge in [-0.2, -0.15) is 0 Å². The molecular weight excluding hydrogens is 238 g/mol. The number of aryl methyl sites for hydroxylation is 1. The topological polar surface area (TPSA) is 37.4 Å². The van der Waals surface area contributed by atoms with Crippen molar-refractivity contribution in [1.29, 1.82) is 0 Å². The number of anilines is 1. The summed E-state index contributed by atoms with van der Waals surface area (Å²) in [6, 6.07) is 2.91. The lowest BCUT2D eigenvalue weighted by Gasteiger charge is -2.25. The molecule has 19 heavy (non-hydrogen) atoms. The second kappa shape index (κ2) is 6.87. The van der Waals surface area contributed by atoms with Crippen molar-refractivity contribution in [3.8, 4) is 0 Å². The van der Waals surface area contributed by atoms with E-state index in [1.165, 1.54) is 24.0 Å². The van der Waals surface area contributed by atoms with Crippen LogP contribution >= 0.6 is 0 Å². The fraction of sp³-hybridized carbons (Fsp3) is 0.667. The number of hydrogen-bond donors (Lipinski definition) is 1. The molecule has 0 amide bonds. The molecule has 1 aliphatic rings. The van der Waals surface area contributed by atoms with Crippen LogP contribution in [0, 0.1) is 6.92 Å². The first-order chi connectivity index (χ1) is 9.26. The van der Waals surface area contributed by atoms with Gasteiger partial charge in [0.15, 0.2) is 0 Å². The number of pyridine rings is 1. The highest BCUT2D eigenvalue weighted by molar-refractivity contribution is 5.49. The minimum absolute atomic E-state index is 0.668. The molecule has 4 nitrogen and oxygen atoms in total. The molecule has 0 spiro atoms. The highest BCUT2D eigenvalue weighted by atomic mass is 16.5. The summed E-state index contributed by atoms with van der Waals surface area (Å²) in [4.78, 5) is 7.07. The van der Waals surface area contributed by atoms with E-state index in [4.69, 9.17) is 4.74 Å². The number of nitrogens with zero attached hydrogens (tertiary/aromatic N) is 2. The molecule has 1 N–H and O–H groups in total. The molecule has 1 aromatic rings. The largest absolute Gasteiger partial charge is 0.383 e. The van der Waals surface area contributed by atoms with Crippen LogP contribution < -0.4 is 10.2 Å². The molecule has 1 aliphatic carbocycles. The second-order valence-electron chi connectivity index (χ2n) is 5.18. The smallest absolute Gasteiger partial charge is 0.131 e. The van der Waals surface area contributed by atoms with Crippen molar-refractivity contribution in [2.45, 2.75) is 39.3 Å².